The lowest BCUT2D eigenvalue weighted by Gasteiger charge is -2.26. The number of thiocarbonyl (C=S) groups is 1. The van der Waals surface area contributed by atoms with Crippen molar-refractivity contribution in [2.45, 2.75) is 32.0 Å². The van der Waals surface area contributed by atoms with E-state index in [1.165, 1.54) is 5.56 Å². The first kappa shape index (κ1) is 16.0. The van der Waals surface area contributed by atoms with Gasteiger partial charge in [-0.2, -0.15) is 0 Å². The summed E-state index contributed by atoms with van der Waals surface area (Å²) in [5, 5.41) is 13.4. The van der Waals surface area contributed by atoms with Crippen molar-refractivity contribution in [3.63, 3.8) is 0 Å². The van der Waals surface area contributed by atoms with Gasteiger partial charge in [-0.15, -0.1) is 0 Å². The number of rotatable bonds is 5. The fourth-order valence-electron chi connectivity index (χ4n) is 3.04. The number of β-amino-alcohol motifs (C(OH)–C–C–N with tert-alkyl or cyclic N) is 1. The van der Waals surface area contributed by atoms with Gasteiger partial charge in [0.2, 0.25) is 0 Å². The molecule has 23 heavy (non-hydrogen) atoms. The fraction of sp³-hybridized carbons (Fsp3) is 0.412. The van der Waals surface area contributed by atoms with E-state index in [9.17, 15) is 5.11 Å². The molecular weight excluding hydrogens is 308 g/mol. The normalized spacial score (nSPS) is 21.0. The Morgan fingerprint density at radius 1 is 1.35 bits per heavy atom. The highest BCUT2D eigenvalue weighted by atomic mass is 32.1. The molecule has 3 heterocycles. The van der Waals surface area contributed by atoms with Gasteiger partial charge in [-0.05, 0) is 49.8 Å². The molecule has 6 heteroatoms. The average molecular weight is 330 g/mol. The summed E-state index contributed by atoms with van der Waals surface area (Å²) in [5.74, 6) is 0. The molecule has 0 spiro atoms. The van der Waals surface area contributed by atoms with Crippen LogP contribution >= 0.6 is 12.2 Å². The Hall–Kier alpha value is -1.92. The predicted octanol–water partition coefficient (Wildman–Crippen LogP) is 2.43. The molecule has 0 aromatic carbocycles. The van der Waals surface area contributed by atoms with Gasteiger partial charge in [0.05, 0.1) is 24.4 Å². The minimum atomic E-state index is -0.0155. The molecule has 122 valence electrons. The first-order chi connectivity index (χ1) is 11.1. The zero-order chi connectivity index (χ0) is 16.4. The summed E-state index contributed by atoms with van der Waals surface area (Å²) >= 11 is 5.49. The summed E-state index contributed by atoms with van der Waals surface area (Å²) < 4.78 is 2.18. The van der Waals surface area contributed by atoms with Crippen molar-refractivity contribution in [3.05, 3.63) is 54.1 Å². The van der Waals surface area contributed by atoms with Crippen LogP contribution in [-0.2, 0) is 0 Å². The molecule has 0 bridgehead atoms. The Kier molecular flexibility index (Phi) is 4.63. The second-order valence-corrected chi connectivity index (χ2v) is 6.42. The first-order valence-electron chi connectivity index (χ1n) is 7.88. The van der Waals surface area contributed by atoms with Crippen LogP contribution in [0.25, 0.3) is 0 Å². The van der Waals surface area contributed by atoms with Crippen LogP contribution in [0.2, 0.25) is 0 Å². The molecule has 5 nitrogen and oxygen atoms in total. The Labute approximate surface area is 142 Å². The van der Waals surface area contributed by atoms with E-state index in [4.69, 9.17) is 12.2 Å². The molecule has 0 aliphatic carbocycles. The third-order valence-corrected chi connectivity index (χ3v) is 4.57. The Morgan fingerprint density at radius 3 is 2.78 bits per heavy atom. The predicted molar refractivity (Wildman–Crippen MR) is 94.1 cm³/mol. The molecule has 2 atom stereocenters. The summed E-state index contributed by atoms with van der Waals surface area (Å²) in [5.41, 5.74) is 2.13. The highest BCUT2D eigenvalue weighted by Gasteiger charge is 2.39. The lowest BCUT2D eigenvalue weighted by atomic mass is 9.99. The van der Waals surface area contributed by atoms with Gasteiger partial charge in [0.15, 0.2) is 5.11 Å². The van der Waals surface area contributed by atoms with Gasteiger partial charge in [0.1, 0.15) is 0 Å². The molecule has 1 aliphatic rings. The van der Waals surface area contributed by atoms with Crippen molar-refractivity contribution in [1.82, 2.24) is 19.8 Å². The maximum Gasteiger partial charge on any atom is 0.170 e. The molecule has 1 saturated heterocycles. The van der Waals surface area contributed by atoms with Crippen LogP contribution in [0.1, 0.15) is 43.2 Å². The Balaban J connectivity index is 1.99. The van der Waals surface area contributed by atoms with E-state index in [1.54, 1.807) is 6.20 Å². The van der Waals surface area contributed by atoms with Crippen LogP contribution in [0, 0.1) is 0 Å². The standard InChI is InChI=1S/C17H22N4OS/c1-12(2)20-8-6-13(11-20)16-15(14-5-3-4-7-18-14)19-17(23)21(16)9-10-22/h3-8,11-12,15-16,22H,9-10H2,1-2H3,(H,19,23)/t15-,16-/m1/s1. The lowest BCUT2D eigenvalue weighted by Crippen LogP contribution is -2.32. The van der Waals surface area contributed by atoms with Gasteiger partial charge >= 0.3 is 0 Å². The molecule has 1 aliphatic heterocycles. The van der Waals surface area contributed by atoms with Crippen LogP contribution in [0.5, 0.6) is 0 Å². The molecule has 3 rings (SSSR count). The summed E-state index contributed by atoms with van der Waals surface area (Å²) in [6.45, 7) is 4.89. The van der Waals surface area contributed by atoms with Crippen molar-refractivity contribution in [2.75, 3.05) is 13.2 Å². The number of hydrogen-bond acceptors (Lipinski definition) is 3. The van der Waals surface area contributed by atoms with Gasteiger partial charge in [-0.3, -0.25) is 4.98 Å². The topological polar surface area (TPSA) is 53.3 Å². The number of nitrogens with zero attached hydrogens (tertiary/aromatic N) is 3. The van der Waals surface area contributed by atoms with Crippen LogP contribution in [0.15, 0.2) is 42.9 Å². The van der Waals surface area contributed by atoms with E-state index in [2.05, 4.69) is 52.1 Å². The first-order valence-corrected chi connectivity index (χ1v) is 8.29. The molecule has 2 aromatic rings. The molecule has 2 N–H and O–H groups in total. The summed E-state index contributed by atoms with van der Waals surface area (Å²) in [6, 6.07) is 8.45. The summed E-state index contributed by atoms with van der Waals surface area (Å²) in [4.78, 5) is 6.54. The van der Waals surface area contributed by atoms with E-state index < -0.39 is 0 Å². The van der Waals surface area contributed by atoms with Gasteiger partial charge in [-0.1, -0.05) is 6.07 Å². The van der Waals surface area contributed by atoms with E-state index in [1.807, 2.05) is 18.2 Å². The highest BCUT2D eigenvalue weighted by Crippen LogP contribution is 2.38. The summed E-state index contributed by atoms with van der Waals surface area (Å²) in [7, 11) is 0. The number of pyridine rings is 1. The smallest absolute Gasteiger partial charge is 0.170 e. The monoisotopic (exact) mass is 330 g/mol. The molecule has 2 aromatic heterocycles. The molecule has 0 radical (unpaired) electrons. The number of hydrogen-bond donors (Lipinski definition) is 2. The van der Waals surface area contributed by atoms with Crippen LogP contribution in [0.3, 0.4) is 0 Å². The van der Waals surface area contributed by atoms with Crippen molar-refractivity contribution >= 4 is 17.3 Å². The van der Waals surface area contributed by atoms with Gasteiger partial charge < -0.3 is 19.9 Å². The number of aliphatic hydroxyl groups excluding tert-OH is 1. The minimum absolute atomic E-state index is 0.0155. The summed E-state index contributed by atoms with van der Waals surface area (Å²) in [6.07, 6.45) is 6.05. The van der Waals surface area contributed by atoms with E-state index in [-0.39, 0.29) is 18.7 Å². The molecule has 0 saturated carbocycles. The van der Waals surface area contributed by atoms with Crippen LogP contribution in [-0.4, -0.2) is 37.8 Å². The highest BCUT2D eigenvalue weighted by molar-refractivity contribution is 7.80. The minimum Gasteiger partial charge on any atom is -0.395 e. The van der Waals surface area contributed by atoms with Gasteiger partial charge in [0.25, 0.3) is 0 Å². The third-order valence-electron chi connectivity index (χ3n) is 4.21. The van der Waals surface area contributed by atoms with E-state index in [0.717, 1.165) is 5.69 Å². The van der Waals surface area contributed by atoms with Crippen molar-refractivity contribution in [2.24, 2.45) is 0 Å². The van der Waals surface area contributed by atoms with E-state index in [0.29, 0.717) is 17.7 Å². The van der Waals surface area contributed by atoms with Crippen molar-refractivity contribution in [3.8, 4) is 0 Å². The maximum atomic E-state index is 9.41. The number of nitrogens with one attached hydrogen (secondary N) is 1. The molecule has 0 unspecified atom stereocenters. The van der Waals surface area contributed by atoms with E-state index >= 15 is 0 Å². The zero-order valence-corrected chi connectivity index (χ0v) is 14.2. The van der Waals surface area contributed by atoms with Crippen molar-refractivity contribution in [1.29, 1.82) is 0 Å². The third kappa shape index (κ3) is 3.09. The number of aromatic nitrogens is 2. The number of aliphatic hydroxyl groups is 1. The van der Waals surface area contributed by atoms with Crippen LogP contribution in [0.4, 0.5) is 0 Å². The Morgan fingerprint density at radius 2 is 2.17 bits per heavy atom. The van der Waals surface area contributed by atoms with Crippen LogP contribution < -0.4 is 5.32 Å². The largest absolute Gasteiger partial charge is 0.395 e. The SMILES string of the molecule is CC(C)n1ccc([C@@H]2[C@@H](c3ccccn3)NC(=S)N2CCO)c1. The Bertz CT molecular complexity index is 670. The second-order valence-electron chi connectivity index (χ2n) is 6.03. The maximum absolute atomic E-state index is 9.41. The second kappa shape index (κ2) is 6.68. The molecule has 1 fully saturated rings. The molecule has 0 amide bonds. The average Bonchev–Trinajstić information content (AvgIpc) is 3.14. The zero-order valence-electron chi connectivity index (χ0n) is 13.4. The van der Waals surface area contributed by atoms with Gasteiger partial charge in [0, 0.05) is 31.2 Å². The van der Waals surface area contributed by atoms with Crippen molar-refractivity contribution < 1.29 is 5.11 Å². The lowest BCUT2D eigenvalue weighted by molar-refractivity contribution is 0.223. The molecular formula is C17H22N4OS. The quantitative estimate of drug-likeness (QED) is 0.825. The van der Waals surface area contributed by atoms with Gasteiger partial charge in [-0.25, -0.2) is 0 Å². The fourth-order valence-corrected chi connectivity index (χ4v) is 3.38.